The van der Waals surface area contributed by atoms with Gasteiger partial charge < -0.3 is 4.57 Å². The summed E-state index contributed by atoms with van der Waals surface area (Å²) in [6, 6.07) is 48.7. The number of fused-ring (bicyclic) bond motifs is 20. The lowest BCUT2D eigenvalue weighted by atomic mass is 9.98. The first-order valence-corrected chi connectivity index (χ1v) is 39.3. The SMILES string of the molecule is C[Si](C)(C)c1c2c(c([Si](C)(C)C)c3ccccc13)C1([Si](C)(C)C)N=C3N=C(N=C4N=C(c5cc6ccccc6cc54)N([Si](C)(C)C)C4=NC(=NC2=N1)c1cc2ccccc2cc14)c1cc2ccccc2cc13. The maximum Gasteiger partial charge on any atom is 0.165 e. The molecule has 1 unspecified atom stereocenters. The van der Waals surface area contributed by atoms with Crippen LogP contribution in [0.4, 0.5) is 0 Å². The highest BCUT2D eigenvalue weighted by molar-refractivity contribution is 6.94. The average molecular weight is 1000 g/mol. The van der Waals surface area contributed by atoms with Crippen LogP contribution in [0, 0.1) is 0 Å². The highest BCUT2D eigenvalue weighted by atomic mass is 28.3. The molecular weight excluding hydrogens is 945 g/mol. The number of amidine groups is 7. The van der Waals surface area contributed by atoms with Crippen LogP contribution in [0.5, 0.6) is 0 Å². The lowest BCUT2D eigenvalue weighted by Crippen LogP contribution is -2.55. The van der Waals surface area contributed by atoms with Crippen LogP contribution in [0.3, 0.4) is 0 Å². The minimum absolute atomic E-state index is 0.607. The molecule has 0 spiro atoms. The van der Waals surface area contributed by atoms with Crippen LogP contribution in [0.25, 0.3) is 43.1 Å². The van der Waals surface area contributed by atoms with Crippen LogP contribution in [-0.2, 0) is 5.29 Å². The number of benzene rings is 8. The van der Waals surface area contributed by atoms with E-state index in [0.717, 1.165) is 88.8 Å². The molecule has 1 atom stereocenters. The van der Waals surface area contributed by atoms with Crippen molar-refractivity contribution in [3.8, 4) is 0 Å². The quantitative estimate of drug-likeness (QED) is 0.162. The van der Waals surface area contributed by atoms with Gasteiger partial charge in [0.15, 0.2) is 42.7 Å². The Hall–Kier alpha value is -6.84. The van der Waals surface area contributed by atoms with Crippen LogP contribution in [0.1, 0.15) is 44.5 Å². The molecule has 354 valence electrons. The van der Waals surface area contributed by atoms with Gasteiger partial charge in [-0.15, -0.1) is 0 Å². The van der Waals surface area contributed by atoms with Gasteiger partial charge in [0.1, 0.15) is 19.7 Å². The molecule has 0 aromatic heterocycles. The van der Waals surface area contributed by atoms with Crippen LogP contribution in [0.2, 0.25) is 78.6 Å². The Labute approximate surface area is 425 Å². The molecule has 0 radical (unpaired) electrons. The Bertz CT molecular complexity index is 4040. The van der Waals surface area contributed by atoms with E-state index < -0.39 is 37.7 Å². The summed E-state index contributed by atoms with van der Waals surface area (Å²) in [5.41, 5.74) is 8.34. The molecule has 13 rings (SSSR count). The second-order valence-electron chi connectivity index (χ2n) is 24.3. The van der Waals surface area contributed by atoms with Crippen LogP contribution in [-0.4, -0.2) is 77.9 Å². The predicted octanol–water partition coefficient (Wildman–Crippen LogP) is 13.0. The summed E-state index contributed by atoms with van der Waals surface area (Å²) < 4.78 is 2.47. The fourth-order valence-corrected chi connectivity index (χ4v) is 19.7. The number of rotatable bonds is 4. The van der Waals surface area contributed by atoms with E-state index in [1.54, 1.807) is 0 Å². The van der Waals surface area contributed by atoms with Gasteiger partial charge in [0, 0.05) is 44.5 Å². The first-order valence-electron chi connectivity index (χ1n) is 25.3. The van der Waals surface area contributed by atoms with Gasteiger partial charge in [-0.3, -0.25) is 0 Å². The third-order valence-electron chi connectivity index (χ3n) is 15.1. The third-order valence-corrected chi connectivity index (χ3v) is 23.5. The zero-order valence-corrected chi connectivity index (χ0v) is 47.3. The summed E-state index contributed by atoms with van der Waals surface area (Å²) in [5.74, 6) is 4.98. The van der Waals surface area contributed by atoms with Crippen molar-refractivity contribution in [2.45, 2.75) is 83.9 Å². The monoisotopic (exact) mass is 1000 g/mol. The summed E-state index contributed by atoms with van der Waals surface area (Å²) in [5, 5.41) is 11.2. The molecule has 8 aromatic carbocycles. The molecule has 0 aliphatic carbocycles. The second-order valence-corrected chi connectivity index (χ2v) is 44.2. The lowest BCUT2D eigenvalue weighted by molar-refractivity contribution is 0.665. The molecule has 5 aliphatic rings. The molecule has 0 amide bonds. The molecular formula is C60H58N8Si4. The molecule has 5 aliphatic heterocycles. The van der Waals surface area contributed by atoms with Crippen molar-refractivity contribution in [2.75, 3.05) is 0 Å². The normalized spacial score (nSPS) is 18.3. The standard InChI is InChI=1S/C60H58N8Si4/c1-69(2,3)51-41-27-19-20-28-42(41)52(70(4,5)6)50-49(51)57-63-55-46-32-38-24-16-18-26-40(38)34-48(46)59(65-55)68(72(10,11)12)58-47-33-39-25-17-15-23-37(39)31-45(47)54(64-58)61-53-43-29-35-21-13-14-22-36(35)30-44(43)56(62-53)66-60(50,67-57)71(7,8)9/h13-34H,1-12H3. The molecule has 0 saturated heterocycles. The van der Waals surface area contributed by atoms with E-state index in [1.807, 2.05) is 0 Å². The van der Waals surface area contributed by atoms with Crippen LogP contribution >= 0.6 is 0 Å². The molecule has 8 aromatic rings. The van der Waals surface area contributed by atoms with E-state index in [0.29, 0.717) is 23.3 Å². The van der Waals surface area contributed by atoms with E-state index in [4.69, 9.17) is 34.9 Å². The second kappa shape index (κ2) is 15.1. The van der Waals surface area contributed by atoms with Crippen LogP contribution < -0.4 is 10.4 Å². The van der Waals surface area contributed by atoms with Gasteiger partial charge in [0.2, 0.25) is 0 Å². The van der Waals surface area contributed by atoms with E-state index in [-0.39, 0.29) is 0 Å². The van der Waals surface area contributed by atoms with Crippen molar-refractivity contribution in [2.24, 2.45) is 34.9 Å². The molecule has 8 nitrogen and oxygen atoms in total. The first-order chi connectivity index (χ1) is 34.2. The van der Waals surface area contributed by atoms with Crippen molar-refractivity contribution in [3.05, 3.63) is 178 Å². The average Bonchev–Trinajstić information content (AvgIpc) is 4.04. The molecule has 12 heteroatoms. The fourth-order valence-electron chi connectivity index (χ4n) is 12.0. The Balaban J connectivity index is 1.25. The number of hydrogen-bond donors (Lipinski definition) is 0. The van der Waals surface area contributed by atoms with E-state index in [1.165, 1.54) is 26.7 Å². The summed E-state index contributed by atoms with van der Waals surface area (Å²) in [7, 11) is -9.43. The topological polar surface area (TPSA) is 89.8 Å². The van der Waals surface area contributed by atoms with Crippen molar-refractivity contribution in [1.82, 2.24) is 4.57 Å². The summed E-state index contributed by atoms with van der Waals surface area (Å²) in [6.45, 7) is 29.4. The zero-order chi connectivity index (χ0) is 50.0. The van der Waals surface area contributed by atoms with Crippen molar-refractivity contribution < 1.29 is 0 Å². The van der Waals surface area contributed by atoms with E-state index in [9.17, 15) is 0 Å². The zero-order valence-electron chi connectivity index (χ0n) is 43.3. The number of nitrogens with zero attached hydrogens (tertiary/aromatic N) is 8. The van der Waals surface area contributed by atoms with E-state index >= 15 is 0 Å². The molecule has 0 saturated carbocycles. The van der Waals surface area contributed by atoms with Gasteiger partial charge >= 0.3 is 0 Å². The summed E-state index contributed by atoms with van der Waals surface area (Å²) in [6.07, 6.45) is 0. The molecule has 72 heavy (non-hydrogen) atoms. The lowest BCUT2D eigenvalue weighted by Gasteiger charge is -2.40. The highest BCUT2D eigenvalue weighted by Gasteiger charge is 2.56. The van der Waals surface area contributed by atoms with Gasteiger partial charge in [-0.2, -0.15) is 0 Å². The first kappa shape index (κ1) is 45.1. The Morgan fingerprint density at radius 1 is 0.361 bits per heavy atom. The Morgan fingerprint density at radius 2 is 0.694 bits per heavy atom. The van der Waals surface area contributed by atoms with Gasteiger partial charge in [-0.1, -0.05) is 176 Å². The van der Waals surface area contributed by atoms with E-state index in [2.05, 4.69) is 217 Å². The summed E-state index contributed by atoms with van der Waals surface area (Å²) in [4.78, 5) is 41.1. The van der Waals surface area contributed by atoms with Crippen molar-refractivity contribution in [3.63, 3.8) is 0 Å². The largest absolute Gasteiger partial charge is 0.339 e. The third kappa shape index (κ3) is 6.61. The fraction of sp³-hybridized carbons (Fsp3) is 0.217. The number of hydrogen-bond acceptors (Lipinski definition) is 8. The van der Waals surface area contributed by atoms with Gasteiger partial charge in [0.05, 0.1) is 16.1 Å². The Morgan fingerprint density at radius 3 is 1.11 bits per heavy atom. The number of aliphatic imine (C=N–C) groups is 7. The molecule has 0 fully saturated rings. The maximum absolute atomic E-state index is 6.19. The molecule has 8 bridgehead atoms. The predicted molar refractivity (Wildman–Crippen MR) is 318 cm³/mol. The van der Waals surface area contributed by atoms with Crippen molar-refractivity contribution >= 4 is 127 Å². The molecule has 0 N–H and O–H groups in total. The smallest absolute Gasteiger partial charge is 0.165 e. The minimum atomic E-state index is -2.60. The minimum Gasteiger partial charge on any atom is -0.339 e. The Kier molecular flexibility index (Phi) is 9.45. The van der Waals surface area contributed by atoms with Gasteiger partial charge in [-0.25, -0.2) is 34.9 Å². The maximum atomic E-state index is 6.19. The van der Waals surface area contributed by atoms with Gasteiger partial charge in [0.25, 0.3) is 0 Å². The van der Waals surface area contributed by atoms with Crippen LogP contribution in [0.15, 0.2) is 168 Å². The van der Waals surface area contributed by atoms with Crippen molar-refractivity contribution in [1.29, 1.82) is 0 Å². The molecule has 5 heterocycles. The summed E-state index contributed by atoms with van der Waals surface area (Å²) >= 11 is 0. The highest BCUT2D eigenvalue weighted by Crippen LogP contribution is 2.48. The van der Waals surface area contributed by atoms with Gasteiger partial charge in [-0.05, 0) is 89.9 Å².